The fourth-order valence-electron chi connectivity index (χ4n) is 4.24. The number of carbonyl (C=O) groups is 1. The van der Waals surface area contributed by atoms with Gasteiger partial charge in [0.05, 0.1) is 31.0 Å². The maximum absolute atomic E-state index is 13.1. The van der Waals surface area contributed by atoms with Crippen LogP contribution in [0.4, 0.5) is 13.2 Å². The second-order valence-corrected chi connectivity index (χ2v) is 8.09. The molecule has 31 heavy (non-hydrogen) atoms. The number of nitrogens with zero attached hydrogens (tertiary/aromatic N) is 3. The molecule has 0 saturated carbocycles. The summed E-state index contributed by atoms with van der Waals surface area (Å²) in [6, 6.07) is 10.8. The summed E-state index contributed by atoms with van der Waals surface area (Å²) in [6.45, 7) is 4.40. The Kier molecular flexibility index (Phi) is 6.57. The fraction of sp³-hybridized carbons (Fsp3) is 0.478. The first-order chi connectivity index (χ1) is 14.9. The second-order valence-electron chi connectivity index (χ2n) is 8.09. The molecule has 2 aromatic rings. The summed E-state index contributed by atoms with van der Waals surface area (Å²) in [7, 11) is 0. The van der Waals surface area contributed by atoms with Gasteiger partial charge in [0.25, 0.3) is 0 Å². The summed E-state index contributed by atoms with van der Waals surface area (Å²) < 4.78 is 44.5. The molecule has 5 nitrogen and oxygen atoms in total. The van der Waals surface area contributed by atoms with Gasteiger partial charge >= 0.3 is 6.18 Å². The number of ether oxygens (including phenoxy) is 1. The summed E-state index contributed by atoms with van der Waals surface area (Å²) in [5, 5.41) is 0. The zero-order valence-electron chi connectivity index (χ0n) is 17.3. The van der Waals surface area contributed by atoms with Crippen molar-refractivity contribution in [2.75, 3.05) is 45.9 Å². The third kappa shape index (κ3) is 5.43. The summed E-state index contributed by atoms with van der Waals surface area (Å²) in [4.78, 5) is 21.3. The Morgan fingerprint density at radius 2 is 1.87 bits per heavy atom. The Hall–Kier alpha value is -2.45. The minimum Gasteiger partial charge on any atom is -0.378 e. The van der Waals surface area contributed by atoms with Crippen LogP contribution in [0.5, 0.6) is 0 Å². The monoisotopic (exact) mass is 433 g/mol. The molecule has 0 spiro atoms. The van der Waals surface area contributed by atoms with Gasteiger partial charge in [0.15, 0.2) is 0 Å². The SMILES string of the molecule is O=C(CN1CCCC(c2cccc(-c3cccc(C(F)(F)F)c3)n2)C1)N1CCOCC1. The van der Waals surface area contributed by atoms with Gasteiger partial charge in [-0.2, -0.15) is 13.2 Å². The van der Waals surface area contributed by atoms with Crippen LogP contribution < -0.4 is 0 Å². The highest BCUT2D eigenvalue weighted by Crippen LogP contribution is 2.32. The highest BCUT2D eigenvalue weighted by Gasteiger charge is 2.31. The smallest absolute Gasteiger partial charge is 0.378 e. The molecule has 1 aromatic carbocycles. The number of amides is 1. The fourth-order valence-corrected chi connectivity index (χ4v) is 4.24. The van der Waals surface area contributed by atoms with Crippen LogP contribution in [0.1, 0.15) is 30.0 Å². The first-order valence-corrected chi connectivity index (χ1v) is 10.6. The predicted octanol–water partition coefficient (Wildman–Crippen LogP) is 3.81. The van der Waals surface area contributed by atoms with Crippen LogP contribution in [0.3, 0.4) is 0 Å². The normalized spacial score (nSPS) is 20.6. The molecule has 1 aromatic heterocycles. The Morgan fingerprint density at radius 3 is 2.65 bits per heavy atom. The van der Waals surface area contributed by atoms with Crippen molar-refractivity contribution >= 4 is 5.91 Å². The Bertz CT molecular complexity index is 913. The number of likely N-dealkylation sites (tertiary alicyclic amines) is 1. The lowest BCUT2D eigenvalue weighted by Gasteiger charge is -2.34. The van der Waals surface area contributed by atoms with E-state index in [0.717, 1.165) is 43.8 Å². The van der Waals surface area contributed by atoms with E-state index in [4.69, 9.17) is 4.74 Å². The summed E-state index contributed by atoms with van der Waals surface area (Å²) >= 11 is 0. The highest BCUT2D eigenvalue weighted by molar-refractivity contribution is 5.78. The highest BCUT2D eigenvalue weighted by atomic mass is 19.4. The minimum atomic E-state index is -4.38. The standard InChI is InChI=1S/C23H26F3N3O2/c24-23(25,26)19-6-1-4-17(14-19)20-7-2-8-21(27-20)18-5-3-9-28(15-18)16-22(30)29-10-12-31-13-11-29/h1-2,4,6-8,14,18H,3,5,9-13,15-16H2. The zero-order valence-corrected chi connectivity index (χ0v) is 17.3. The topological polar surface area (TPSA) is 45.7 Å². The van der Waals surface area contributed by atoms with E-state index < -0.39 is 11.7 Å². The molecule has 2 aliphatic rings. The third-order valence-electron chi connectivity index (χ3n) is 5.90. The number of benzene rings is 1. The molecule has 8 heteroatoms. The van der Waals surface area contributed by atoms with Gasteiger partial charge in [-0.15, -0.1) is 0 Å². The largest absolute Gasteiger partial charge is 0.416 e. The van der Waals surface area contributed by atoms with Crippen molar-refractivity contribution in [1.82, 2.24) is 14.8 Å². The Morgan fingerprint density at radius 1 is 1.10 bits per heavy atom. The number of carbonyl (C=O) groups excluding carboxylic acids is 1. The first kappa shape index (κ1) is 21.8. The molecule has 2 fully saturated rings. The molecule has 4 rings (SSSR count). The second kappa shape index (κ2) is 9.36. The molecule has 1 unspecified atom stereocenters. The lowest BCUT2D eigenvalue weighted by molar-refractivity contribution is -0.138. The lowest BCUT2D eigenvalue weighted by atomic mass is 9.93. The van der Waals surface area contributed by atoms with E-state index in [2.05, 4.69) is 9.88 Å². The predicted molar refractivity (Wildman–Crippen MR) is 110 cm³/mol. The average molecular weight is 433 g/mol. The summed E-state index contributed by atoms with van der Waals surface area (Å²) in [6.07, 6.45) is -2.48. The van der Waals surface area contributed by atoms with Gasteiger partial charge in [-0.25, -0.2) is 0 Å². The van der Waals surface area contributed by atoms with Crippen LogP contribution >= 0.6 is 0 Å². The number of piperidine rings is 1. The first-order valence-electron chi connectivity index (χ1n) is 10.6. The minimum absolute atomic E-state index is 0.120. The quantitative estimate of drug-likeness (QED) is 0.736. The summed E-state index contributed by atoms with van der Waals surface area (Å²) in [5.41, 5.74) is 1.16. The number of hydrogen-bond donors (Lipinski definition) is 0. The van der Waals surface area contributed by atoms with Crippen LogP contribution in [0.15, 0.2) is 42.5 Å². The molecule has 3 heterocycles. The third-order valence-corrected chi connectivity index (χ3v) is 5.90. The number of halogens is 3. The van der Waals surface area contributed by atoms with Gasteiger partial charge in [0.2, 0.25) is 5.91 Å². The van der Waals surface area contributed by atoms with E-state index in [1.54, 1.807) is 12.1 Å². The number of hydrogen-bond acceptors (Lipinski definition) is 4. The molecule has 1 amide bonds. The van der Waals surface area contributed by atoms with Gasteiger partial charge in [0.1, 0.15) is 0 Å². The van der Waals surface area contributed by atoms with Crippen molar-refractivity contribution in [3.05, 3.63) is 53.7 Å². The van der Waals surface area contributed by atoms with Crippen molar-refractivity contribution in [1.29, 1.82) is 0 Å². The molecule has 166 valence electrons. The maximum Gasteiger partial charge on any atom is 0.416 e. The molecule has 0 aliphatic carbocycles. The van der Waals surface area contributed by atoms with Crippen molar-refractivity contribution in [2.24, 2.45) is 0 Å². The molecule has 0 radical (unpaired) electrons. The van der Waals surface area contributed by atoms with E-state index in [-0.39, 0.29) is 11.8 Å². The summed E-state index contributed by atoms with van der Waals surface area (Å²) in [5.74, 6) is 0.270. The molecule has 1 atom stereocenters. The molecular formula is C23H26F3N3O2. The molecular weight excluding hydrogens is 407 g/mol. The van der Waals surface area contributed by atoms with Gasteiger partial charge in [-0.05, 0) is 43.7 Å². The number of pyridine rings is 1. The van der Waals surface area contributed by atoms with Crippen LogP contribution in [0.25, 0.3) is 11.3 Å². The van der Waals surface area contributed by atoms with Gasteiger partial charge < -0.3 is 9.64 Å². The number of alkyl halides is 3. The van der Waals surface area contributed by atoms with Crippen LogP contribution in [-0.2, 0) is 15.7 Å². The van der Waals surface area contributed by atoms with Crippen molar-refractivity contribution in [3.8, 4) is 11.3 Å². The maximum atomic E-state index is 13.1. The van der Waals surface area contributed by atoms with Crippen LogP contribution in [0, 0.1) is 0 Å². The molecule has 2 saturated heterocycles. The van der Waals surface area contributed by atoms with E-state index in [9.17, 15) is 18.0 Å². The van der Waals surface area contributed by atoms with Gasteiger partial charge in [0, 0.05) is 36.8 Å². The molecule has 0 N–H and O–H groups in total. The van der Waals surface area contributed by atoms with Crippen LogP contribution in [-0.4, -0.2) is 66.6 Å². The Labute approximate surface area is 179 Å². The average Bonchev–Trinajstić information content (AvgIpc) is 2.79. The van der Waals surface area contributed by atoms with E-state index in [1.165, 1.54) is 6.07 Å². The van der Waals surface area contributed by atoms with E-state index in [0.29, 0.717) is 44.1 Å². The molecule has 0 bridgehead atoms. The zero-order chi connectivity index (χ0) is 21.8. The van der Waals surface area contributed by atoms with Crippen molar-refractivity contribution in [2.45, 2.75) is 24.9 Å². The van der Waals surface area contributed by atoms with Gasteiger partial charge in [-0.1, -0.05) is 18.2 Å². The number of rotatable bonds is 4. The Balaban J connectivity index is 1.45. The van der Waals surface area contributed by atoms with Crippen molar-refractivity contribution < 1.29 is 22.7 Å². The van der Waals surface area contributed by atoms with Crippen molar-refractivity contribution in [3.63, 3.8) is 0 Å². The van der Waals surface area contributed by atoms with Crippen LogP contribution in [0.2, 0.25) is 0 Å². The van der Waals surface area contributed by atoms with Gasteiger partial charge in [-0.3, -0.25) is 14.7 Å². The van der Waals surface area contributed by atoms with E-state index >= 15 is 0 Å². The number of morpholine rings is 1. The van der Waals surface area contributed by atoms with E-state index in [1.807, 2.05) is 17.0 Å². The molecule has 2 aliphatic heterocycles. The number of aromatic nitrogens is 1. The lowest BCUT2D eigenvalue weighted by Crippen LogP contribution is -2.47.